The van der Waals surface area contributed by atoms with Crippen LogP contribution in [-0.2, 0) is 14.4 Å². The average Bonchev–Trinajstić information content (AvgIpc) is 3.60. The molecule has 7 rings (SSSR count). The Morgan fingerprint density at radius 2 is 1.82 bits per heavy atom. The van der Waals surface area contributed by atoms with Gasteiger partial charge in [-0.1, -0.05) is 35.6 Å². The number of amides is 3. The smallest absolute Gasteiger partial charge is 0.305 e. The minimum atomic E-state index is -0.471. The number of hydrogen-bond donors (Lipinski definition) is 2. The Balaban J connectivity index is 1.19. The molecule has 38 heavy (non-hydrogen) atoms. The highest BCUT2D eigenvalue weighted by Gasteiger charge is 2.69. The van der Waals surface area contributed by atoms with Gasteiger partial charge in [0.1, 0.15) is 12.4 Å². The fraction of sp³-hybridized carbons (Fsp3) is 0.357. The monoisotopic (exact) mass is 549 g/mol. The van der Waals surface area contributed by atoms with Crippen molar-refractivity contribution in [2.75, 3.05) is 11.9 Å². The number of carbonyl (C=O) groups is 3. The van der Waals surface area contributed by atoms with E-state index in [1.54, 1.807) is 30.0 Å². The van der Waals surface area contributed by atoms with Gasteiger partial charge in [0.05, 0.1) is 16.9 Å². The summed E-state index contributed by atoms with van der Waals surface area (Å²) in [5.41, 5.74) is 2.53. The number of likely N-dealkylation sites (tertiary alicyclic amines) is 1. The molecule has 194 valence electrons. The standard InChI is InChI=1S/C28H24FN3O4S2/c1-12-3-2-4-15(9-12)30-18(33)11-32-26(34)21-16-10-17(22(21)27(32)35)23-20(16)19(13-5-7-14(29)8-6-13)24-25(37-23)31-28(36)38-24/h2-9,16-17,19-23H,10-11H2,1H3,(H,30,33)(H,31,36)/t16-,17-,19-,20+,21+,22-,23+/m1/s1. The second kappa shape index (κ2) is 8.64. The van der Waals surface area contributed by atoms with Crippen LogP contribution in [0.3, 0.4) is 0 Å². The van der Waals surface area contributed by atoms with Gasteiger partial charge in [0.2, 0.25) is 17.7 Å². The lowest BCUT2D eigenvalue weighted by atomic mass is 9.68. The summed E-state index contributed by atoms with van der Waals surface area (Å²) >= 11 is 2.77. The van der Waals surface area contributed by atoms with E-state index in [9.17, 15) is 23.6 Å². The van der Waals surface area contributed by atoms with Crippen molar-refractivity contribution < 1.29 is 18.8 Å². The van der Waals surface area contributed by atoms with E-state index in [1.165, 1.54) is 23.5 Å². The van der Waals surface area contributed by atoms with Crippen LogP contribution in [0.5, 0.6) is 0 Å². The number of nitrogens with one attached hydrogen (secondary N) is 2. The molecule has 4 aliphatic rings. The molecule has 3 fully saturated rings. The lowest BCUT2D eigenvalue weighted by Gasteiger charge is -2.43. The van der Waals surface area contributed by atoms with Gasteiger partial charge in [-0.25, -0.2) is 4.39 Å². The van der Waals surface area contributed by atoms with E-state index in [2.05, 4.69) is 10.3 Å². The molecular weight excluding hydrogens is 525 g/mol. The highest BCUT2D eigenvalue weighted by molar-refractivity contribution is 8.00. The van der Waals surface area contributed by atoms with E-state index in [4.69, 9.17) is 0 Å². The summed E-state index contributed by atoms with van der Waals surface area (Å²) in [5.74, 6) is -2.40. The highest BCUT2D eigenvalue weighted by Crippen LogP contribution is 2.68. The second-order valence-electron chi connectivity index (χ2n) is 10.7. The van der Waals surface area contributed by atoms with Gasteiger partial charge < -0.3 is 10.3 Å². The van der Waals surface area contributed by atoms with Crippen LogP contribution in [-0.4, -0.2) is 39.4 Å². The van der Waals surface area contributed by atoms with Crippen molar-refractivity contribution in [2.24, 2.45) is 29.6 Å². The fourth-order valence-electron chi connectivity index (χ4n) is 7.34. The first kappa shape index (κ1) is 23.8. The third kappa shape index (κ3) is 3.53. The molecule has 2 N–H and O–H groups in total. The zero-order valence-corrected chi connectivity index (χ0v) is 22.0. The maximum atomic E-state index is 13.8. The number of imide groups is 1. The lowest BCUT2D eigenvalue weighted by Crippen LogP contribution is -2.42. The second-order valence-corrected chi connectivity index (χ2v) is 12.9. The van der Waals surface area contributed by atoms with Crippen molar-refractivity contribution in [3.8, 4) is 0 Å². The number of aromatic amines is 1. The predicted molar refractivity (Wildman–Crippen MR) is 141 cm³/mol. The molecule has 1 saturated heterocycles. The molecule has 3 amide bonds. The van der Waals surface area contributed by atoms with Crippen molar-refractivity contribution in [3.05, 3.63) is 80.0 Å². The van der Waals surface area contributed by atoms with Crippen LogP contribution in [0.25, 0.3) is 0 Å². The molecular formula is C28H24FN3O4S2. The quantitative estimate of drug-likeness (QED) is 0.480. The van der Waals surface area contributed by atoms with Gasteiger partial charge in [0.25, 0.3) is 0 Å². The van der Waals surface area contributed by atoms with Crippen molar-refractivity contribution >= 4 is 46.5 Å². The zero-order chi connectivity index (χ0) is 26.3. The molecule has 2 bridgehead atoms. The Hall–Kier alpha value is -3.24. The predicted octanol–water partition coefficient (Wildman–Crippen LogP) is 4.00. The van der Waals surface area contributed by atoms with Gasteiger partial charge in [-0.15, -0.1) is 11.8 Å². The molecule has 0 radical (unpaired) electrons. The largest absolute Gasteiger partial charge is 0.325 e. The van der Waals surface area contributed by atoms with Crippen LogP contribution < -0.4 is 10.2 Å². The van der Waals surface area contributed by atoms with Crippen molar-refractivity contribution in [2.45, 2.75) is 29.5 Å². The lowest BCUT2D eigenvalue weighted by molar-refractivity contribution is -0.143. The van der Waals surface area contributed by atoms with Crippen LogP contribution in [0.4, 0.5) is 10.1 Å². The molecule has 7 nitrogen and oxygen atoms in total. The first-order valence-electron chi connectivity index (χ1n) is 12.7. The van der Waals surface area contributed by atoms with E-state index < -0.39 is 17.7 Å². The maximum absolute atomic E-state index is 13.8. The normalized spacial score (nSPS) is 30.8. The topological polar surface area (TPSA) is 99.3 Å². The SMILES string of the molecule is Cc1cccc(NC(=O)CN2C(=O)[C@@H]3[C@H]4C[C@@H]([C@@H]3C2=O)[C@H]2[C@@H](c3ccc(F)cc3)c3sc(=O)[nH]c3S[C@@H]42)c1. The van der Waals surface area contributed by atoms with Gasteiger partial charge in [0, 0.05) is 21.7 Å². The Kier molecular flexibility index (Phi) is 5.42. The Morgan fingerprint density at radius 1 is 1.08 bits per heavy atom. The first-order chi connectivity index (χ1) is 18.3. The molecule has 2 aliphatic carbocycles. The molecule has 0 unspecified atom stereocenters. The van der Waals surface area contributed by atoms with Crippen LogP contribution in [0.1, 0.15) is 28.3 Å². The summed E-state index contributed by atoms with van der Waals surface area (Å²) in [6.45, 7) is 1.62. The van der Waals surface area contributed by atoms with Crippen molar-refractivity contribution in [1.29, 1.82) is 0 Å². The minimum Gasteiger partial charge on any atom is -0.325 e. The summed E-state index contributed by atoms with van der Waals surface area (Å²) in [4.78, 5) is 57.2. The van der Waals surface area contributed by atoms with E-state index in [0.717, 1.165) is 32.4 Å². The zero-order valence-electron chi connectivity index (χ0n) is 20.3. The van der Waals surface area contributed by atoms with E-state index >= 15 is 0 Å². The summed E-state index contributed by atoms with van der Waals surface area (Å²) in [6.07, 6.45) is 0.759. The van der Waals surface area contributed by atoms with Gasteiger partial charge in [-0.2, -0.15) is 0 Å². The number of thiazole rings is 1. The van der Waals surface area contributed by atoms with E-state index in [-0.39, 0.29) is 58.0 Å². The maximum Gasteiger partial charge on any atom is 0.305 e. The molecule has 2 saturated carbocycles. The third-order valence-electron chi connectivity index (χ3n) is 8.65. The fourth-order valence-corrected chi connectivity index (χ4v) is 10.2. The number of rotatable bonds is 4. The number of anilines is 1. The summed E-state index contributed by atoms with van der Waals surface area (Å²) in [5, 5.41) is 3.66. The molecule has 3 aromatic rings. The Bertz CT molecular complexity index is 1550. The number of H-pyrrole nitrogens is 1. The summed E-state index contributed by atoms with van der Waals surface area (Å²) < 4.78 is 13.8. The molecule has 2 aromatic carbocycles. The molecule has 3 heterocycles. The third-order valence-corrected chi connectivity index (χ3v) is 11.2. The van der Waals surface area contributed by atoms with E-state index in [1.807, 2.05) is 25.1 Å². The number of hydrogen-bond acceptors (Lipinski definition) is 6. The number of carbonyl (C=O) groups excluding carboxylic acids is 3. The molecule has 2 aliphatic heterocycles. The van der Waals surface area contributed by atoms with Crippen LogP contribution in [0.2, 0.25) is 0 Å². The van der Waals surface area contributed by atoms with Crippen LogP contribution in [0, 0.1) is 42.3 Å². The minimum absolute atomic E-state index is 0.0271. The Labute approximate surface area is 225 Å². The molecule has 0 spiro atoms. The van der Waals surface area contributed by atoms with Gasteiger partial charge in [-0.05, 0) is 66.5 Å². The number of aromatic nitrogens is 1. The van der Waals surface area contributed by atoms with Crippen LogP contribution in [0.15, 0.2) is 58.4 Å². The van der Waals surface area contributed by atoms with Crippen molar-refractivity contribution in [3.63, 3.8) is 0 Å². The first-order valence-corrected chi connectivity index (χ1v) is 14.4. The number of thioether (sulfide) groups is 1. The number of aryl methyl sites for hydroxylation is 1. The molecule has 10 heteroatoms. The average molecular weight is 550 g/mol. The Morgan fingerprint density at radius 3 is 2.55 bits per heavy atom. The number of fused-ring (bicyclic) bond motifs is 9. The number of benzene rings is 2. The molecule has 1 aromatic heterocycles. The molecule has 7 atom stereocenters. The van der Waals surface area contributed by atoms with E-state index in [0.29, 0.717) is 5.69 Å². The van der Waals surface area contributed by atoms with Crippen molar-refractivity contribution in [1.82, 2.24) is 9.88 Å². The summed E-state index contributed by atoms with van der Waals surface area (Å²) in [6, 6.07) is 13.7. The number of nitrogens with zero attached hydrogens (tertiary/aromatic N) is 1. The van der Waals surface area contributed by atoms with Gasteiger partial charge in [0.15, 0.2) is 0 Å². The van der Waals surface area contributed by atoms with Gasteiger partial charge >= 0.3 is 4.87 Å². The summed E-state index contributed by atoms with van der Waals surface area (Å²) in [7, 11) is 0. The highest BCUT2D eigenvalue weighted by atomic mass is 32.2. The van der Waals surface area contributed by atoms with Gasteiger partial charge in [-0.3, -0.25) is 24.1 Å². The number of halogens is 1. The van der Waals surface area contributed by atoms with Crippen LogP contribution >= 0.6 is 23.1 Å².